The van der Waals surface area contributed by atoms with Gasteiger partial charge in [0.2, 0.25) is 10.0 Å². The van der Waals surface area contributed by atoms with E-state index in [9.17, 15) is 18.0 Å². The summed E-state index contributed by atoms with van der Waals surface area (Å²) >= 11 is 0. The summed E-state index contributed by atoms with van der Waals surface area (Å²) in [6.45, 7) is 2.21. The molecule has 0 aromatic heterocycles. The van der Waals surface area contributed by atoms with Crippen LogP contribution in [0.5, 0.6) is 0 Å². The van der Waals surface area contributed by atoms with Gasteiger partial charge in [0.1, 0.15) is 13.1 Å². The van der Waals surface area contributed by atoms with E-state index in [0.717, 1.165) is 20.3 Å². The molecule has 0 aliphatic heterocycles. The Balaban J connectivity index is 4.90. The smallest absolute Gasteiger partial charge is 0.321 e. The van der Waals surface area contributed by atoms with Crippen LogP contribution in [0.25, 0.3) is 0 Å². The maximum Gasteiger partial charge on any atom is 0.321 e. The predicted octanol–water partition coefficient (Wildman–Crippen LogP) is -0.850. The molecule has 0 aliphatic rings. The standard InChI is InChI=1S/C9H15NO6S/c1-4-5-17(13,14)10(6-8(11)15-2)7-9(12)16-3/h4H,1,5-7H2,2-3H3. The van der Waals surface area contributed by atoms with Gasteiger partial charge in [0.15, 0.2) is 0 Å². The molecule has 0 saturated heterocycles. The van der Waals surface area contributed by atoms with Gasteiger partial charge in [-0.05, 0) is 0 Å². The highest BCUT2D eigenvalue weighted by atomic mass is 32.2. The quantitative estimate of drug-likeness (QED) is 0.440. The summed E-state index contributed by atoms with van der Waals surface area (Å²) in [4.78, 5) is 22.1. The highest BCUT2D eigenvalue weighted by Gasteiger charge is 2.26. The Morgan fingerprint density at radius 3 is 1.88 bits per heavy atom. The van der Waals surface area contributed by atoms with Crippen molar-refractivity contribution in [3.05, 3.63) is 12.7 Å². The first-order valence-corrected chi connectivity index (χ1v) is 6.20. The fourth-order valence-corrected chi connectivity index (χ4v) is 2.04. The van der Waals surface area contributed by atoms with Crippen molar-refractivity contribution in [1.29, 1.82) is 0 Å². The Kier molecular flexibility index (Phi) is 6.44. The molecule has 0 radical (unpaired) electrons. The molecule has 0 rings (SSSR count). The lowest BCUT2D eigenvalue weighted by molar-refractivity contribution is -0.143. The Morgan fingerprint density at radius 1 is 1.18 bits per heavy atom. The maximum absolute atomic E-state index is 11.7. The van der Waals surface area contributed by atoms with Crippen molar-refractivity contribution < 1.29 is 27.5 Å². The number of hydrogen-bond acceptors (Lipinski definition) is 6. The van der Waals surface area contributed by atoms with Crippen LogP contribution in [0.2, 0.25) is 0 Å². The molecule has 0 saturated carbocycles. The highest BCUT2D eigenvalue weighted by molar-refractivity contribution is 7.89. The van der Waals surface area contributed by atoms with Crippen LogP contribution in [-0.2, 0) is 29.1 Å². The monoisotopic (exact) mass is 265 g/mol. The number of methoxy groups -OCH3 is 2. The van der Waals surface area contributed by atoms with Crippen LogP contribution >= 0.6 is 0 Å². The summed E-state index contributed by atoms with van der Waals surface area (Å²) in [5.41, 5.74) is 0. The molecular weight excluding hydrogens is 250 g/mol. The highest BCUT2D eigenvalue weighted by Crippen LogP contribution is 2.03. The number of carbonyl (C=O) groups is 2. The lowest BCUT2D eigenvalue weighted by atomic mass is 10.6. The van der Waals surface area contributed by atoms with E-state index in [1.54, 1.807) is 0 Å². The van der Waals surface area contributed by atoms with Crippen LogP contribution in [0.1, 0.15) is 0 Å². The summed E-state index contributed by atoms with van der Waals surface area (Å²) in [6, 6.07) is 0. The van der Waals surface area contributed by atoms with E-state index in [1.807, 2.05) is 0 Å². The molecule has 0 atom stereocenters. The summed E-state index contributed by atoms with van der Waals surface area (Å²) < 4.78 is 32.7. The van der Waals surface area contributed by atoms with Gasteiger partial charge < -0.3 is 9.47 Å². The molecule has 0 aromatic carbocycles. The van der Waals surface area contributed by atoms with E-state index in [0.29, 0.717) is 4.31 Å². The van der Waals surface area contributed by atoms with Crippen LogP contribution < -0.4 is 0 Å². The lowest BCUT2D eigenvalue weighted by Gasteiger charge is -2.18. The second-order valence-electron chi connectivity index (χ2n) is 2.99. The molecule has 0 heterocycles. The summed E-state index contributed by atoms with van der Waals surface area (Å²) in [5.74, 6) is -1.90. The molecule has 0 bridgehead atoms. The van der Waals surface area contributed by atoms with E-state index < -0.39 is 35.1 Å². The Hall–Kier alpha value is -1.41. The number of sulfonamides is 1. The van der Waals surface area contributed by atoms with Crippen LogP contribution in [0.15, 0.2) is 12.7 Å². The average molecular weight is 265 g/mol. The zero-order valence-electron chi connectivity index (χ0n) is 9.71. The minimum atomic E-state index is -3.77. The number of ether oxygens (including phenoxy) is 2. The molecular formula is C9H15NO6S. The van der Waals surface area contributed by atoms with Crippen LogP contribution in [0.4, 0.5) is 0 Å². The summed E-state index contributed by atoms with van der Waals surface area (Å²) in [7, 11) is -1.52. The van der Waals surface area contributed by atoms with Gasteiger partial charge >= 0.3 is 11.9 Å². The van der Waals surface area contributed by atoms with Crippen molar-refractivity contribution in [2.45, 2.75) is 0 Å². The fraction of sp³-hybridized carbons (Fsp3) is 0.556. The van der Waals surface area contributed by atoms with Gasteiger partial charge in [-0.3, -0.25) is 9.59 Å². The molecule has 7 nitrogen and oxygen atoms in total. The Morgan fingerprint density at radius 2 is 1.59 bits per heavy atom. The zero-order chi connectivity index (χ0) is 13.5. The van der Waals surface area contributed by atoms with Gasteiger partial charge in [-0.15, -0.1) is 6.58 Å². The molecule has 0 unspecified atom stereocenters. The molecule has 0 aliphatic carbocycles. The van der Waals surface area contributed by atoms with Crippen LogP contribution in [0.3, 0.4) is 0 Å². The van der Waals surface area contributed by atoms with Gasteiger partial charge in [0.05, 0.1) is 20.0 Å². The van der Waals surface area contributed by atoms with Gasteiger partial charge in [-0.25, -0.2) is 8.42 Å². The first-order valence-electron chi connectivity index (χ1n) is 4.59. The van der Waals surface area contributed by atoms with Crippen molar-refractivity contribution in [3.8, 4) is 0 Å². The molecule has 8 heteroatoms. The minimum Gasteiger partial charge on any atom is -0.468 e. The van der Waals surface area contributed by atoms with Gasteiger partial charge in [0, 0.05) is 0 Å². The number of carbonyl (C=O) groups excluding carboxylic acids is 2. The average Bonchev–Trinajstić information content (AvgIpc) is 2.27. The number of rotatable bonds is 7. The molecule has 0 aromatic rings. The molecule has 0 fully saturated rings. The van der Waals surface area contributed by atoms with Crippen molar-refractivity contribution in [1.82, 2.24) is 4.31 Å². The normalized spacial score (nSPS) is 11.0. The van der Waals surface area contributed by atoms with E-state index in [2.05, 4.69) is 16.1 Å². The second kappa shape index (κ2) is 7.02. The third kappa shape index (κ3) is 5.45. The minimum absolute atomic E-state index is 0.374. The zero-order valence-corrected chi connectivity index (χ0v) is 10.5. The first-order chi connectivity index (χ1) is 7.87. The molecule has 98 valence electrons. The predicted molar refractivity (Wildman–Crippen MR) is 59.6 cm³/mol. The van der Waals surface area contributed by atoms with Crippen LogP contribution in [0, 0.1) is 0 Å². The number of esters is 2. The number of hydrogen-bond donors (Lipinski definition) is 0. The van der Waals surface area contributed by atoms with E-state index in [-0.39, 0.29) is 5.75 Å². The summed E-state index contributed by atoms with van der Waals surface area (Å²) in [5, 5.41) is 0. The number of nitrogens with zero attached hydrogens (tertiary/aromatic N) is 1. The Bertz CT molecular complexity index is 370. The topological polar surface area (TPSA) is 90.0 Å². The van der Waals surface area contributed by atoms with E-state index in [1.165, 1.54) is 0 Å². The van der Waals surface area contributed by atoms with Crippen LogP contribution in [-0.4, -0.2) is 57.7 Å². The SMILES string of the molecule is C=CCS(=O)(=O)N(CC(=O)OC)CC(=O)OC. The summed E-state index contributed by atoms with van der Waals surface area (Å²) in [6.07, 6.45) is 1.16. The van der Waals surface area contributed by atoms with Crippen molar-refractivity contribution >= 4 is 22.0 Å². The van der Waals surface area contributed by atoms with Gasteiger partial charge in [-0.1, -0.05) is 6.08 Å². The van der Waals surface area contributed by atoms with Gasteiger partial charge in [-0.2, -0.15) is 4.31 Å². The van der Waals surface area contributed by atoms with Gasteiger partial charge in [0.25, 0.3) is 0 Å². The fourth-order valence-electron chi connectivity index (χ4n) is 0.924. The first kappa shape index (κ1) is 15.6. The van der Waals surface area contributed by atoms with Crippen molar-refractivity contribution in [2.24, 2.45) is 0 Å². The Labute approximate surface area is 100 Å². The van der Waals surface area contributed by atoms with Crippen molar-refractivity contribution in [3.63, 3.8) is 0 Å². The third-order valence-corrected chi connectivity index (χ3v) is 3.49. The second-order valence-corrected chi connectivity index (χ2v) is 5.00. The molecule has 0 spiro atoms. The van der Waals surface area contributed by atoms with Crippen molar-refractivity contribution in [2.75, 3.05) is 33.1 Å². The lowest BCUT2D eigenvalue weighted by Crippen LogP contribution is -2.41. The maximum atomic E-state index is 11.7. The van der Waals surface area contributed by atoms with E-state index in [4.69, 9.17) is 0 Å². The molecule has 0 amide bonds. The largest absolute Gasteiger partial charge is 0.468 e. The molecule has 0 N–H and O–H groups in total. The molecule has 17 heavy (non-hydrogen) atoms. The van der Waals surface area contributed by atoms with E-state index >= 15 is 0 Å². The third-order valence-electron chi connectivity index (χ3n) is 1.79.